The van der Waals surface area contributed by atoms with E-state index in [1.165, 1.54) is 31.2 Å². The Morgan fingerprint density at radius 3 is 1.78 bits per heavy atom. The van der Waals surface area contributed by atoms with Crippen molar-refractivity contribution in [2.24, 2.45) is 17.4 Å². The number of primary amides is 1. The fourth-order valence-corrected chi connectivity index (χ4v) is 4.03. The van der Waals surface area contributed by atoms with Gasteiger partial charge in [-0.1, -0.05) is 26.0 Å². The molecule has 250 valence electrons. The summed E-state index contributed by atoms with van der Waals surface area (Å²) in [7, 11) is 0. The Morgan fingerprint density at radius 2 is 1.29 bits per heavy atom. The first-order valence-corrected chi connectivity index (χ1v) is 14.1. The van der Waals surface area contributed by atoms with Crippen molar-refractivity contribution in [2.45, 2.75) is 83.3 Å². The molecule has 17 heteroatoms. The minimum Gasteiger partial charge on any atom is -0.508 e. The lowest BCUT2D eigenvalue weighted by molar-refractivity contribution is -0.145. The first-order chi connectivity index (χ1) is 20.9. The zero-order valence-corrected chi connectivity index (χ0v) is 25.5. The summed E-state index contributed by atoms with van der Waals surface area (Å²) in [6.45, 7) is 5.76. The molecule has 45 heavy (non-hydrogen) atoms. The minimum atomic E-state index is -1.77. The first kappa shape index (κ1) is 38.3. The van der Waals surface area contributed by atoms with Crippen LogP contribution in [-0.4, -0.2) is 99.6 Å². The SMILES string of the molecule is CC(C)C[C@H](NC(=O)CN)C(=O)N[C@@H](C)C(=O)N[C@@H](Cc1ccc(O)cc1)C(=O)N[C@@H](CC(N)=O)C(=O)N[C@H](C(=O)O)[C@@H](C)O. The number of carbonyl (C=O) groups is 7. The standard InChI is InChI=1S/C28H43N7O10/c1-13(2)9-18(32-22(39)12-29)25(41)31-14(3)24(40)33-19(10-16-5-7-17(37)8-6-16)26(42)34-20(11-21(30)38)27(43)35-23(15(4)36)28(44)45/h5-8,13-15,18-20,23,36-37H,9-12,29H2,1-4H3,(H2,30,38)(H,31,41)(H,32,39)(H,33,40)(H,34,42)(H,35,43)(H,44,45)/t14-,15+,18-,19-,20-,23-/m0/s1. The highest BCUT2D eigenvalue weighted by molar-refractivity contribution is 5.97. The zero-order valence-electron chi connectivity index (χ0n) is 25.5. The van der Waals surface area contributed by atoms with Crippen LogP contribution in [0.1, 0.15) is 46.1 Å². The molecule has 1 aromatic rings. The van der Waals surface area contributed by atoms with Crippen LogP contribution in [0.2, 0.25) is 0 Å². The Bertz CT molecular complexity index is 1220. The summed E-state index contributed by atoms with van der Waals surface area (Å²) in [6.07, 6.45) is -2.21. The molecule has 0 aliphatic carbocycles. The Hall–Kier alpha value is -4.77. The number of phenolic OH excluding ortho intramolecular Hbond substituents is 1. The fourth-order valence-electron chi connectivity index (χ4n) is 4.03. The summed E-state index contributed by atoms with van der Waals surface area (Å²) < 4.78 is 0. The molecule has 0 saturated heterocycles. The highest BCUT2D eigenvalue weighted by atomic mass is 16.4. The van der Waals surface area contributed by atoms with Crippen molar-refractivity contribution < 1.29 is 48.9 Å². The summed E-state index contributed by atoms with van der Waals surface area (Å²) in [5.41, 5.74) is 11.0. The van der Waals surface area contributed by atoms with Crippen LogP contribution in [0.15, 0.2) is 24.3 Å². The van der Waals surface area contributed by atoms with Gasteiger partial charge in [-0.15, -0.1) is 0 Å². The number of amides is 6. The number of phenols is 1. The minimum absolute atomic E-state index is 0.00161. The van der Waals surface area contributed by atoms with Crippen LogP contribution < -0.4 is 38.1 Å². The molecular formula is C28H43N7O10. The molecule has 1 rings (SSSR count). The quantitative estimate of drug-likeness (QED) is 0.0761. The molecule has 6 atom stereocenters. The number of nitrogens with one attached hydrogen (secondary N) is 5. The van der Waals surface area contributed by atoms with Crippen LogP contribution in [0.4, 0.5) is 0 Å². The van der Waals surface area contributed by atoms with Crippen LogP contribution in [0, 0.1) is 5.92 Å². The Balaban J connectivity index is 3.22. The summed E-state index contributed by atoms with van der Waals surface area (Å²) in [5, 5.41) is 40.4. The van der Waals surface area contributed by atoms with Gasteiger partial charge in [-0.05, 0) is 43.9 Å². The highest BCUT2D eigenvalue weighted by Crippen LogP contribution is 2.12. The third-order valence-corrected chi connectivity index (χ3v) is 6.39. The van der Waals surface area contributed by atoms with E-state index in [1.54, 1.807) is 0 Å². The number of carbonyl (C=O) groups excluding carboxylic acids is 6. The second-order valence-electron chi connectivity index (χ2n) is 10.9. The molecule has 0 aromatic heterocycles. The number of benzene rings is 1. The number of nitrogens with two attached hydrogens (primary N) is 2. The van der Waals surface area contributed by atoms with E-state index in [0.29, 0.717) is 5.56 Å². The topological polar surface area (TPSA) is 292 Å². The van der Waals surface area contributed by atoms with Gasteiger partial charge in [-0.25, -0.2) is 4.79 Å². The van der Waals surface area contributed by atoms with Crippen LogP contribution in [0.5, 0.6) is 5.75 Å². The van der Waals surface area contributed by atoms with Crippen molar-refractivity contribution in [1.29, 1.82) is 0 Å². The van der Waals surface area contributed by atoms with Crippen molar-refractivity contribution >= 4 is 41.4 Å². The van der Waals surface area contributed by atoms with Gasteiger partial charge in [0.2, 0.25) is 35.4 Å². The van der Waals surface area contributed by atoms with Gasteiger partial charge in [0.15, 0.2) is 6.04 Å². The molecule has 12 N–H and O–H groups in total. The van der Waals surface area contributed by atoms with Crippen LogP contribution in [0.3, 0.4) is 0 Å². The average molecular weight is 638 g/mol. The molecule has 0 unspecified atom stereocenters. The molecule has 0 saturated carbocycles. The number of carboxylic acids is 1. The maximum absolute atomic E-state index is 13.4. The molecule has 0 heterocycles. The number of rotatable bonds is 18. The molecule has 17 nitrogen and oxygen atoms in total. The van der Waals surface area contributed by atoms with Gasteiger partial charge >= 0.3 is 5.97 Å². The van der Waals surface area contributed by atoms with Gasteiger partial charge < -0.3 is 53.4 Å². The van der Waals surface area contributed by atoms with E-state index in [-0.39, 0.29) is 31.1 Å². The molecule has 0 fully saturated rings. The summed E-state index contributed by atoms with van der Waals surface area (Å²) in [4.78, 5) is 87.2. The largest absolute Gasteiger partial charge is 0.508 e. The third kappa shape index (κ3) is 13.6. The summed E-state index contributed by atoms with van der Waals surface area (Å²) in [5.74, 6) is -6.85. The Morgan fingerprint density at radius 1 is 0.756 bits per heavy atom. The van der Waals surface area contributed by atoms with Gasteiger partial charge in [-0.2, -0.15) is 0 Å². The molecule has 0 spiro atoms. The lowest BCUT2D eigenvalue weighted by atomic mass is 10.0. The number of aliphatic hydroxyl groups excluding tert-OH is 1. The molecule has 0 bridgehead atoms. The van der Waals surface area contributed by atoms with Crippen LogP contribution in [-0.2, 0) is 40.0 Å². The van der Waals surface area contributed by atoms with Gasteiger partial charge in [0.1, 0.15) is 29.9 Å². The number of aromatic hydroxyl groups is 1. The molecular weight excluding hydrogens is 594 g/mol. The van der Waals surface area contributed by atoms with E-state index >= 15 is 0 Å². The fraction of sp³-hybridized carbons (Fsp3) is 0.536. The van der Waals surface area contributed by atoms with Gasteiger partial charge in [0.05, 0.1) is 19.1 Å². The monoisotopic (exact) mass is 637 g/mol. The zero-order chi connectivity index (χ0) is 34.4. The van der Waals surface area contributed by atoms with Crippen molar-refractivity contribution in [1.82, 2.24) is 26.6 Å². The second kappa shape index (κ2) is 18.1. The number of hydrogen-bond acceptors (Lipinski definition) is 10. The number of aliphatic hydroxyl groups is 1. The molecule has 6 amide bonds. The summed E-state index contributed by atoms with van der Waals surface area (Å²) in [6, 6.07) is -1.46. The van der Waals surface area contributed by atoms with Gasteiger partial charge in [-0.3, -0.25) is 28.8 Å². The highest BCUT2D eigenvalue weighted by Gasteiger charge is 2.33. The lowest BCUT2D eigenvalue weighted by Gasteiger charge is -2.26. The van der Waals surface area contributed by atoms with Crippen molar-refractivity contribution in [2.75, 3.05) is 6.54 Å². The molecule has 0 radical (unpaired) electrons. The Kier molecular flexibility index (Phi) is 15.4. The number of aliphatic carboxylic acids is 1. The third-order valence-electron chi connectivity index (χ3n) is 6.39. The predicted molar refractivity (Wildman–Crippen MR) is 159 cm³/mol. The molecule has 0 aliphatic rings. The smallest absolute Gasteiger partial charge is 0.328 e. The van der Waals surface area contributed by atoms with E-state index in [9.17, 15) is 48.9 Å². The van der Waals surface area contributed by atoms with E-state index in [1.807, 2.05) is 19.2 Å². The van der Waals surface area contributed by atoms with Crippen molar-refractivity contribution in [3.05, 3.63) is 29.8 Å². The summed E-state index contributed by atoms with van der Waals surface area (Å²) >= 11 is 0. The average Bonchev–Trinajstić information content (AvgIpc) is 2.94. The number of hydrogen-bond donors (Lipinski definition) is 10. The lowest BCUT2D eigenvalue weighted by Crippen LogP contribution is -2.60. The number of carboxylic acid groups (broad SMARTS) is 1. The second-order valence-corrected chi connectivity index (χ2v) is 10.9. The molecule has 0 aliphatic heterocycles. The first-order valence-electron chi connectivity index (χ1n) is 14.1. The van der Waals surface area contributed by atoms with E-state index < -0.39 is 84.1 Å². The van der Waals surface area contributed by atoms with E-state index in [2.05, 4.69) is 21.3 Å². The van der Waals surface area contributed by atoms with Crippen LogP contribution in [0.25, 0.3) is 0 Å². The van der Waals surface area contributed by atoms with Crippen molar-refractivity contribution in [3.8, 4) is 5.75 Å². The molecule has 1 aromatic carbocycles. The maximum Gasteiger partial charge on any atom is 0.328 e. The van der Waals surface area contributed by atoms with Crippen LogP contribution >= 0.6 is 0 Å². The van der Waals surface area contributed by atoms with E-state index in [4.69, 9.17) is 11.5 Å². The van der Waals surface area contributed by atoms with Crippen molar-refractivity contribution in [3.63, 3.8) is 0 Å². The predicted octanol–water partition coefficient (Wildman–Crippen LogP) is -3.28. The van der Waals surface area contributed by atoms with Gasteiger partial charge in [0.25, 0.3) is 0 Å². The van der Waals surface area contributed by atoms with E-state index in [0.717, 1.165) is 6.92 Å². The Labute approximate surface area is 259 Å². The van der Waals surface area contributed by atoms with Gasteiger partial charge in [0, 0.05) is 6.42 Å². The maximum atomic E-state index is 13.4. The normalized spacial score (nSPS) is 14.9.